The van der Waals surface area contributed by atoms with Crippen molar-refractivity contribution in [1.82, 2.24) is 10.2 Å². The van der Waals surface area contributed by atoms with E-state index in [9.17, 15) is 4.79 Å². The molecular weight excluding hydrogens is 268 g/mol. The number of nitrogens with zero attached hydrogens (tertiary/aromatic N) is 1. The van der Waals surface area contributed by atoms with Crippen LogP contribution < -0.4 is 10.1 Å². The van der Waals surface area contributed by atoms with Crippen molar-refractivity contribution in [2.24, 2.45) is 0 Å². The Morgan fingerprint density at radius 2 is 2.10 bits per heavy atom. The molecule has 0 unspecified atom stereocenters. The minimum Gasteiger partial charge on any atom is -0.497 e. The second-order valence-corrected chi connectivity index (χ2v) is 5.10. The standard InChI is InChI=1S/C16H26N2O3/c1-6-21-12(2)16(19)17-11-15(18(3)4)13-8-7-9-14(10-13)20-5/h7-10,12,15H,6,11H2,1-5H3,(H,17,19)/t12-,15-/m0/s1. The molecule has 0 saturated heterocycles. The Kier molecular flexibility index (Phi) is 7.19. The third-order valence-corrected chi connectivity index (χ3v) is 3.36. The fourth-order valence-corrected chi connectivity index (χ4v) is 2.11. The molecule has 0 saturated carbocycles. The van der Waals surface area contributed by atoms with Crippen LogP contribution in [0, 0.1) is 0 Å². The summed E-state index contributed by atoms with van der Waals surface area (Å²) in [6.07, 6.45) is -0.428. The lowest BCUT2D eigenvalue weighted by atomic mass is 10.1. The molecule has 0 aromatic heterocycles. The fraction of sp³-hybridized carbons (Fsp3) is 0.562. The summed E-state index contributed by atoms with van der Waals surface area (Å²) in [4.78, 5) is 14.0. The number of ether oxygens (including phenoxy) is 2. The molecule has 5 heteroatoms. The molecule has 21 heavy (non-hydrogen) atoms. The van der Waals surface area contributed by atoms with Crippen molar-refractivity contribution in [2.45, 2.75) is 26.0 Å². The normalized spacial score (nSPS) is 13.8. The van der Waals surface area contributed by atoms with Crippen LogP contribution in [0.5, 0.6) is 5.75 Å². The molecular formula is C16H26N2O3. The highest BCUT2D eigenvalue weighted by atomic mass is 16.5. The summed E-state index contributed by atoms with van der Waals surface area (Å²) in [5.41, 5.74) is 1.10. The molecule has 0 aliphatic rings. The lowest BCUT2D eigenvalue weighted by Gasteiger charge is -2.26. The Balaban J connectivity index is 2.72. The van der Waals surface area contributed by atoms with Gasteiger partial charge in [0.2, 0.25) is 5.91 Å². The molecule has 0 heterocycles. The SMILES string of the molecule is CCO[C@@H](C)C(=O)NC[C@@H](c1cccc(OC)c1)N(C)C. The highest BCUT2D eigenvalue weighted by Gasteiger charge is 2.18. The Bertz CT molecular complexity index is 449. The number of hydrogen-bond donors (Lipinski definition) is 1. The average Bonchev–Trinajstić information content (AvgIpc) is 2.47. The van der Waals surface area contributed by atoms with E-state index >= 15 is 0 Å². The molecule has 1 amide bonds. The van der Waals surface area contributed by atoms with Crippen LogP contribution in [0.25, 0.3) is 0 Å². The first-order valence-electron chi connectivity index (χ1n) is 7.19. The van der Waals surface area contributed by atoms with E-state index < -0.39 is 6.10 Å². The average molecular weight is 294 g/mol. The lowest BCUT2D eigenvalue weighted by molar-refractivity contribution is -0.131. The van der Waals surface area contributed by atoms with Crippen LogP contribution >= 0.6 is 0 Å². The topological polar surface area (TPSA) is 50.8 Å². The number of carbonyl (C=O) groups excluding carboxylic acids is 1. The molecule has 1 aromatic rings. The minimum absolute atomic E-state index is 0.0814. The van der Waals surface area contributed by atoms with Gasteiger partial charge in [0.25, 0.3) is 0 Å². The zero-order valence-corrected chi connectivity index (χ0v) is 13.6. The van der Waals surface area contributed by atoms with Crippen molar-refractivity contribution in [3.8, 4) is 5.75 Å². The zero-order valence-electron chi connectivity index (χ0n) is 13.6. The summed E-state index contributed by atoms with van der Waals surface area (Å²) in [7, 11) is 5.62. The summed E-state index contributed by atoms with van der Waals surface area (Å²) in [6.45, 7) is 4.69. The van der Waals surface area contributed by atoms with Crippen LogP contribution in [0.1, 0.15) is 25.5 Å². The number of carbonyl (C=O) groups is 1. The largest absolute Gasteiger partial charge is 0.497 e. The van der Waals surface area contributed by atoms with E-state index in [1.54, 1.807) is 14.0 Å². The quantitative estimate of drug-likeness (QED) is 0.795. The van der Waals surface area contributed by atoms with E-state index in [0.717, 1.165) is 11.3 Å². The van der Waals surface area contributed by atoms with E-state index in [0.29, 0.717) is 13.2 Å². The molecule has 1 N–H and O–H groups in total. The molecule has 1 rings (SSSR count). The highest BCUT2D eigenvalue weighted by molar-refractivity contribution is 5.80. The van der Waals surface area contributed by atoms with Gasteiger partial charge >= 0.3 is 0 Å². The third-order valence-electron chi connectivity index (χ3n) is 3.36. The molecule has 118 valence electrons. The second kappa shape index (κ2) is 8.64. The number of rotatable bonds is 8. The van der Waals surface area contributed by atoms with Crippen molar-refractivity contribution < 1.29 is 14.3 Å². The van der Waals surface area contributed by atoms with Crippen LogP contribution in [0.15, 0.2) is 24.3 Å². The van der Waals surface area contributed by atoms with Gasteiger partial charge in [0, 0.05) is 13.2 Å². The van der Waals surface area contributed by atoms with Gasteiger partial charge in [0.05, 0.1) is 13.2 Å². The molecule has 0 spiro atoms. The van der Waals surface area contributed by atoms with Crippen molar-refractivity contribution in [3.05, 3.63) is 29.8 Å². The molecule has 5 nitrogen and oxygen atoms in total. The van der Waals surface area contributed by atoms with Crippen LogP contribution in [0.4, 0.5) is 0 Å². The minimum atomic E-state index is -0.428. The van der Waals surface area contributed by atoms with Crippen molar-refractivity contribution in [1.29, 1.82) is 0 Å². The van der Waals surface area contributed by atoms with Crippen molar-refractivity contribution >= 4 is 5.91 Å². The maximum absolute atomic E-state index is 11.9. The van der Waals surface area contributed by atoms with Gasteiger partial charge in [-0.1, -0.05) is 12.1 Å². The fourth-order valence-electron chi connectivity index (χ4n) is 2.11. The first-order chi connectivity index (χ1) is 9.99. The second-order valence-electron chi connectivity index (χ2n) is 5.10. The van der Waals surface area contributed by atoms with E-state index in [1.165, 1.54) is 0 Å². The summed E-state index contributed by atoms with van der Waals surface area (Å²) < 4.78 is 10.5. The number of amides is 1. The van der Waals surface area contributed by atoms with Gasteiger partial charge in [-0.05, 0) is 45.6 Å². The smallest absolute Gasteiger partial charge is 0.248 e. The summed E-state index contributed by atoms with van der Waals surface area (Å²) in [6, 6.07) is 7.97. The summed E-state index contributed by atoms with van der Waals surface area (Å²) >= 11 is 0. The van der Waals surface area contributed by atoms with Crippen LogP contribution in [-0.2, 0) is 9.53 Å². The maximum atomic E-state index is 11.9. The summed E-state index contributed by atoms with van der Waals surface area (Å²) in [5.74, 6) is 0.722. The monoisotopic (exact) mass is 294 g/mol. The van der Waals surface area contributed by atoms with E-state index in [-0.39, 0.29) is 11.9 Å². The van der Waals surface area contributed by atoms with Gasteiger partial charge in [-0.3, -0.25) is 4.79 Å². The predicted octanol–water partition coefficient (Wildman–Crippen LogP) is 1.84. The Labute approximate surface area is 127 Å². The molecule has 0 fully saturated rings. The van der Waals surface area contributed by atoms with Gasteiger partial charge < -0.3 is 19.7 Å². The Hall–Kier alpha value is -1.59. The number of likely N-dealkylation sites (N-methyl/N-ethyl adjacent to an activating group) is 1. The highest BCUT2D eigenvalue weighted by Crippen LogP contribution is 2.22. The van der Waals surface area contributed by atoms with Crippen LogP contribution in [0.2, 0.25) is 0 Å². The molecule has 1 aromatic carbocycles. The van der Waals surface area contributed by atoms with E-state index in [1.807, 2.05) is 45.3 Å². The third kappa shape index (κ3) is 5.36. The van der Waals surface area contributed by atoms with E-state index in [2.05, 4.69) is 10.2 Å². The van der Waals surface area contributed by atoms with Gasteiger partial charge in [0.1, 0.15) is 11.9 Å². The Morgan fingerprint density at radius 1 is 1.38 bits per heavy atom. The molecule has 0 aliphatic heterocycles. The number of benzene rings is 1. The molecule has 0 bridgehead atoms. The number of hydrogen-bond acceptors (Lipinski definition) is 4. The molecule has 0 radical (unpaired) electrons. The van der Waals surface area contributed by atoms with Crippen molar-refractivity contribution in [3.63, 3.8) is 0 Å². The Morgan fingerprint density at radius 3 is 2.67 bits per heavy atom. The molecule has 0 aliphatic carbocycles. The summed E-state index contributed by atoms with van der Waals surface area (Å²) in [5, 5.41) is 2.94. The molecule has 2 atom stereocenters. The van der Waals surface area contributed by atoms with Gasteiger partial charge in [0.15, 0.2) is 0 Å². The van der Waals surface area contributed by atoms with Gasteiger partial charge in [-0.15, -0.1) is 0 Å². The maximum Gasteiger partial charge on any atom is 0.248 e. The van der Waals surface area contributed by atoms with Gasteiger partial charge in [-0.25, -0.2) is 0 Å². The van der Waals surface area contributed by atoms with Crippen LogP contribution in [0.3, 0.4) is 0 Å². The van der Waals surface area contributed by atoms with Crippen molar-refractivity contribution in [2.75, 3.05) is 34.4 Å². The zero-order chi connectivity index (χ0) is 15.8. The van der Waals surface area contributed by atoms with Crippen LogP contribution in [-0.4, -0.2) is 51.3 Å². The van der Waals surface area contributed by atoms with E-state index in [4.69, 9.17) is 9.47 Å². The number of methoxy groups -OCH3 is 1. The number of nitrogens with one attached hydrogen (secondary N) is 1. The van der Waals surface area contributed by atoms with Gasteiger partial charge in [-0.2, -0.15) is 0 Å². The predicted molar refractivity (Wildman–Crippen MR) is 83.5 cm³/mol. The first kappa shape index (κ1) is 17.5. The first-order valence-corrected chi connectivity index (χ1v) is 7.19. The lowest BCUT2D eigenvalue weighted by Crippen LogP contribution is -2.39.